The van der Waals surface area contributed by atoms with Crippen LogP contribution in [-0.4, -0.2) is 50.9 Å². The highest BCUT2D eigenvalue weighted by Crippen LogP contribution is 2.35. The lowest BCUT2D eigenvalue weighted by molar-refractivity contribution is -0.122. The van der Waals surface area contributed by atoms with Crippen molar-refractivity contribution in [3.63, 3.8) is 0 Å². The summed E-state index contributed by atoms with van der Waals surface area (Å²) >= 11 is 0. The SMILES string of the molecule is CC(=O)Nc1ccc(S(=O)(=O)N(C2CCCCCC2)C2CC(=O)N(c3ccc(S(N)(=O)=O)cc3)C2=O)cc1. The Kier molecular flexibility index (Phi) is 8.02. The molecule has 3 amide bonds. The van der Waals surface area contributed by atoms with Crippen LogP contribution in [0.2, 0.25) is 0 Å². The van der Waals surface area contributed by atoms with E-state index < -0.39 is 43.9 Å². The van der Waals surface area contributed by atoms with E-state index in [0.29, 0.717) is 18.5 Å². The third kappa shape index (κ3) is 5.80. The number of benzene rings is 2. The van der Waals surface area contributed by atoms with Gasteiger partial charge in [-0.05, 0) is 61.4 Å². The third-order valence-corrected chi connectivity index (χ3v) is 9.69. The van der Waals surface area contributed by atoms with Gasteiger partial charge in [-0.3, -0.25) is 14.4 Å². The monoisotopic (exact) mass is 562 g/mol. The van der Waals surface area contributed by atoms with Gasteiger partial charge in [0.2, 0.25) is 31.9 Å². The quantitative estimate of drug-likeness (QED) is 0.386. The van der Waals surface area contributed by atoms with E-state index in [1.165, 1.54) is 59.8 Å². The predicted octanol–water partition coefficient (Wildman–Crippen LogP) is 2.34. The summed E-state index contributed by atoms with van der Waals surface area (Å²) in [5.74, 6) is -1.58. The van der Waals surface area contributed by atoms with Gasteiger partial charge in [0, 0.05) is 18.7 Å². The molecule has 1 unspecified atom stereocenters. The molecule has 0 spiro atoms. The smallest absolute Gasteiger partial charge is 0.252 e. The van der Waals surface area contributed by atoms with Gasteiger partial charge in [0.1, 0.15) is 6.04 Å². The average Bonchev–Trinajstić information content (AvgIpc) is 3.00. The molecule has 4 rings (SSSR count). The first kappa shape index (κ1) is 27.9. The van der Waals surface area contributed by atoms with Gasteiger partial charge in [-0.15, -0.1) is 0 Å². The second kappa shape index (κ2) is 10.9. The zero-order chi connectivity index (χ0) is 27.7. The van der Waals surface area contributed by atoms with Crippen molar-refractivity contribution in [1.29, 1.82) is 0 Å². The maximum absolute atomic E-state index is 14.0. The lowest BCUT2D eigenvalue weighted by atomic mass is 10.1. The van der Waals surface area contributed by atoms with Crippen LogP contribution in [-0.2, 0) is 34.4 Å². The molecule has 204 valence electrons. The van der Waals surface area contributed by atoms with Crippen LogP contribution < -0.4 is 15.4 Å². The van der Waals surface area contributed by atoms with Crippen LogP contribution in [0.25, 0.3) is 0 Å². The standard InChI is InChI=1S/C25H30N4O7S2/c1-17(30)27-18-8-12-22(13-9-18)38(35,36)29(20-6-4-2-3-5-7-20)23-16-24(31)28(25(23)32)19-10-14-21(15-11-19)37(26,33)34/h8-15,20,23H,2-7,16H2,1H3,(H,27,30)(H2,26,33,34). The van der Waals surface area contributed by atoms with Crippen molar-refractivity contribution in [3.8, 4) is 0 Å². The van der Waals surface area contributed by atoms with Crippen LogP contribution in [0.15, 0.2) is 58.3 Å². The number of nitrogens with two attached hydrogens (primary N) is 1. The minimum atomic E-state index is -4.21. The lowest BCUT2D eigenvalue weighted by Crippen LogP contribution is -2.50. The summed E-state index contributed by atoms with van der Waals surface area (Å²) in [6.45, 7) is 1.34. The van der Waals surface area contributed by atoms with Gasteiger partial charge in [-0.2, -0.15) is 4.31 Å². The maximum Gasteiger partial charge on any atom is 0.252 e. The average molecular weight is 563 g/mol. The highest BCUT2D eigenvalue weighted by Gasteiger charge is 2.49. The minimum Gasteiger partial charge on any atom is -0.326 e. The Hall–Kier alpha value is -3.13. The normalized spacial score (nSPS) is 19.6. The summed E-state index contributed by atoms with van der Waals surface area (Å²) < 4.78 is 52.4. The number of sulfonamides is 2. The van der Waals surface area contributed by atoms with Gasteiger partial charge in [-0.25, -0.2) is 26.9 Å². The Bertz CT molecular complexity index is 1430. The van der Waals surface area contributed by atoms with E-state index in [0.717, 1.165) is 30.6 Å². The van der Waals surface area contributed by atoms with Crippen LogP contribution in [0, 0.1) is 0 Å². The first-order valence-corrected chi connectivity index (χ1v) is 15.3. The molecule has 2 aromatic rings. The molecule has 3 N–H and O–H groups in total. The maximum atomic E-state index is 14.0. The van der Waals surface area contributed by atoms with Crippen molar-refractivity contribution in [3.05, 3.63) is 48.5 Å². The molecule has 1 aliphatic carbocycles. The number of amides is 3. The summed E-state index contributed by atoms with van der Waals surface area (Å²) in [5.41, 5.74) is 0.562. The van der Waals surface area contributed by atoms with E-state index >= 15 is 0 Å². The van der Waals surface area contributed by atoms with E-state index in [9.17, 15) is 31.2 Å². The van der Waals surface area contributed by atoms with Crippen LogP contribution >= 0.6 is 0 Å². The number of hydrogen-bond acceptors (Lipinski definition) is 7. The van der Waals surface area contributed by atoms with E-state index in [4.69, 9.17) is 5.14 Å². The van der Waals surface area contributed by atoms with Gasteiger partial charge in [-0.1, -0.05) is 25.7 Å². The van der Waals surface area contributed by atoms with Gasteiger partial charge in [0.05, 0.1) is 21.9 Å². The number of rotatable bonds is 7. The first-order chi connectivity index (χ1) is 17.9. The number of nitrogens with one attached hydrogen (secondary N) is 1. The van der Waals surface area contributed by atoms with Crippen molar-refractivity contribution < 1.29 is 31.2 Å². The molecule has 2 aliphatic rings. The lowest BCUT2D eigenvalue weighted by Gasteiger charge is -2.34. The molecule has 2 aromatic carbocycles. The third-order valence-electron chi connectivity index (χ3n) is 6.79. The molecule has 1 saturated heterocycles. The Morgan fingerprint density at radius 2 is 1.45 bits per heavy atom. The van der Waals surface area contributed by atoms with Gasteiger partial charge < -0.3 is 5.32 Å². The zero-order valence-electron chi connectivity index (χ0n) is 20.9. The van der Waals surface area contributed by atoms with Crippen molar-refractivity contribution >= 4 is 49.1 Å². The second-order valence-corrected chi connectivity index (χ2v) is 12.9. The summed E-state index contributed by atoms with van der Waals surface area (Å²) in [7, 11) is -8.18. The largest absolute Gasteiger partial charge is 0.326 e. The molecule has 11 nitrogen and oxygen atoms in total. The van der Waals surface area contributed by atoms with E-state index in [1.54, 1.807) is 0 Å². The highest BCUT2D eigenvalue weighted by atomic mass is 32.2. The van der Waals surface area contributed by atoms with E-state index in [2.05, 4.69) is 5.32 Å². The molecule has 13 heteroatoms. The number of carbonyl (C=O) groups excluding carboxylic acids is 3. The Morgan fingerprint density at radius 3 is 1.97 bits per heavy atom. The Balaban J connectivity index is 1.71. The minimum absolute atomic E-state index is 0.0490. The summed E-state index contributed by atoms with van der Waals surface area (Å²) in [4.78, 5) is 38.7. The fraction of sp³-hybridized carbons (Fsp3) is 0.400. The number of anilines is 2. The van der Waals surface area contributed by atoms with E-state index in [1.807, 2.05) is 0 Å². The molecule has 1 heterocycles. The molecule has 1 atom stereocenters. The summed E-state index contributed by atoms with van der Waals surface area (Å²) in [6, 6.07) is 8.94. The summed E-state index contributed by atoms with van der Waals surface area (Å²) in [6.07, 6.45) is 4.28. The molecule has 1 aliphatic heterocycles. The van der Waals surface area contributed by atoms with Gasteiger partial charge in [0.15, 0.2) is 0 Å². The van der Waals surface area contributed by atoms with Gasteiger partial charge >= 0.3 is 0 Å². The van der Waals surface area contributed by atoms with Crippen LogP contribution in [0.1, 0.15) is 51.9 Å². The second-order valence-electron chi connectivity index (χ2n) is 9.51. The number of primary sulfonamides is 1. The van der Waals surface area contributed by atoms with E-state index in [-0.39, 0.29) is 27.8 Å². The Morgan fingerprint density at radius 1 is 0.895 bits per heavy atom. The van der Waals surface area contributed by atoms with Crippen LogP contribution in [0.4, 0.5) is 11.4 Å². The van der Waals surface area contributed by atoms with Gasteiger partial charge in [0.25, 0.3) is 5.91 Å². The van der Waals surface area contributed by atoms with Crippen LogP contribution in [0.3, 0.4) is 0 Å². The molecule has 2 fully saturated rings. The van der Waals surface area contributed by atoms with Crippen molar-refractivity contribution in [2.75, 3.05) is 10.2 Å². The van der Waals surface area contributed by atoms with Crippen LogP contribution in [0.5, 0.6) is 0 Å². The van der Waals surface area contributed by atoms with Crippen molar-refractivity contribution in [2.45, 2.75) is 73.7 Å². The molecule has 38 heavy (non-hydrogen) atoms. The highest BCUT2D eigenvalue weighted by molar-refractivity contribution is 7.89. The zero-order valence-corrected chi connectivity index (χ0v) is 22.5. The molecular formula is C25H30N4O7S2. The van der Waals surface area contributed by atoms with Crippen molar-refractivity contribution in [1.82, 2.24) is 4.31 Å². The number of hydrogen-bond donors (Lipinski definition) is 2. The predicted molar refractivity (Wildman–Crippen MR) is 140 cm³/mol. The molecule has 0 bridgehead atoms. The first-order valence-electron chi connectivity index (χ1n) is 12.3. The fourth-order valence-electron chi connectivity index (χ4n) is 5.04. The molecule has 1 saturated carbocycles. The number of nitrogens with zero attached hydrogens (tertiary/aromatic N) is 2. The fourth-order valence-corrected chi connectivity index (χ4v) is 7.38. The number of carbonyl (C=O) groups is 3. The molecular weight excluding hydrogens is 532 g/mol. The molecule has 0 radical (unpaired) electrons. The molecule has 0 aromatic heterocycles. The Labute approximate surface area is 222 Å². The topological polar surface area (TPSA) is 164 Å². The van der Waals surface area contributed by atoms with Crippen molar-refractivity contribution in [2.24, 2.45) is 5.14 Å². The number of imide groups is 1. The summed E-state index contributed by atoms with van der Waals surface area (Å²) in [5, 5.41) is 7.73.